The Bertz CT molecular complexity index is 529. The predicted molar refractivity (Wildman–Crippen MR) is 81.9 cm³/mol. The Morgan fingerprint density at radius 1 is 1.41 bits per heavy atom. The third-order valence-corrected chi connectivity index (χ3v) is 3.71. The molecule has 1 aromatic heterocycles. The molecule has 1 amide bonds. The smallest absolute Gasteiger partial charge is 0.326 e. The standard InChI is InChI=1S/C15H22N4O3/c1-2-3-6-12(14(21)22)17-13(20)11-7-8-16-15(18-11)19-9-4-5-10-19/h7-8,12H,2-6,9-10H2,1H3,(H,17,20)(H,21,22). The lowest BCUT2D eigenvalue weighted by Crippen LogP contribution is -2.41. The summed E-state index contributed by atoms with van der Waals surface area (Å²) in [6.45, 7) is 3.76. The van der Waals surface area contributed by atoms with E-state index in [0.29, 0.717) is 12.4 Å². The van der Waals surface area contributed by atoms with Gasteiger partial charge in [0.25, 0.3) is 5.91 Å². The fourth-order valence-electron chi connectivity index (χ4n) is 2.44. The van der Waals surface area contributed by atoms with E-state index in [1.807, 2.05) is 11.8 Å². The lowest BCUT2D eigenvalue weighted by atomic mass is 10.1. The van der Waals surface area contributed by atoms with Crippen LogP contribution in [0.5, 0.6) is 0 Å². The van der Waals surface area contributed by atoms with Crippen LogP contribution in [0.15, 0.2) is 12.3 Å². The largest absolute Gasteiger partial charge is 0.480 e. The van der Waals surface area contributed by atoms with Crippen LogP contribution in [0.1, 0.15) is 49.5 Å². The number of nitrogens with zero attached hydrogens (tertiary/aromatic N) is 3. The number of carboxylic acid groups (broad SMARTS) is 1. The molecule has 0 aliphatic carbocycles. The van der Waals surface area contributed by atoms with Crippen molar-refractivity contribution >= 4 is 17.8 Å². The van der Waals surface area contributed by atoms with Crippen molar-refractivity contribution in [2.75, 3.05) is 18.0 Å². The summed E-state index contributed by atoms with van der Waals surface area (Å²) in [5.74, 6) is -0.951. The van der Waals surface area contributed by atoms with Gasteiger partial charge in [-0.25, -0.2) is 14.8 Å². The van der Waals surface area contributed by atoms with E-state index >= 15 is 0 Å². The summed E-state index contributed by atoms with van der Waals surface area (Å²) in [5, 5.41) is 11.7. The molecular weight excluding hydrogens is 284 g/mol. The molecule has 1 aliphatic heterocycles. The Balaban J connectivity index is 2.04. The first kappa shape index (κ1) is 16.2. The van der Waals surface area contributed by atoms with Gasteiger partial charge in [-0.2, -0.15) is 0 Å². The number of rotatable bonds is 7. The van der Waals surface area contributed by atoms with Crippen LogP contribution in [-0.4, -0.2) is 46.1 Å². The van der Waals surface area contributed by atoms with Crippen molar-refractivity contribution in [2.45, 2.75) is 45.1 Å². The molecule has 0 aromatic carbocycles. The SMILES string of the molecule is CCCCC(NC(=O)c1ccnc(N2CCCC2)n1)C(=O)O. The Hall–Kier alpha value is -2.18. The highest BCUT2D eigenvalue weighted by atomic mass is 16.4. The van der Waals surface area contributed by atoms with E-state index in [1.54, 1.807) is 0 Å². The highest BCUT2D eigenvalue weighted by molar-refractivity contribution is 5.95. The first-order valence-corrected chi connectivity index (χ1v) is 7.73. The van der Waals surface area contributed by atoms with E-state index in [1.165, 1.54) is 12.3 Å². The second kappa shape index (κ2) is 7.72. The van der Waals surface area contributed by atoms with Gasteiger partial charge in [0, 0.05) is 19.3 Å². The normalized spacial score (nSPS) is 15.6. The number of aromatic nitrogens is 2. The highest BCUT2D eigenvalue weighted by Gasteiger charge is 2.22. The number of carbonyl (C=O) groups excluding carboxylic acids is 1. The zero-order chi connectivity index (χ0) is 15.9. The van der Waals surface area contributed by atoms with E-state index in [9.17, 15) is 9.59 Å². The van der Waals surface area contributed by atoms with E-state index in [-0.39, 0.29) is 5.69 Å². The minimum Gasteiger partial charge on any atom is -0.480 e. The van der Waals surface area contributed by atoms with E-state index in [2.05, 4.69) is 15.3 Å². The number of unbranched alkanes of at least 4 members (excludes halogenated alkanes) is 1. The van der Waals surface area contributed by atoms with Crippen LogP contribution in [0.3, 0.4) is 0 Å². The third-order valence-electron chi connectivity index (χ3n) is 3.71. The molecule has 1 unspecified atom stereocenters. The zero-order valence-corrected chi connectivity index (χ0v) is 12.8. The van der Waals surface area contributed by atoms with Crippen LogP contribution in [-0.2, 0) is 4.79 Å². The van der Waals surface area contributed by atoms with Crippen LogP contribution in [0.25, 0.3) is 0 Å². The summed E-state index contributed by atoms with van der Waals surface area (Å²) in [6, 6.07) is 0.630. The molecule has 1 aromatic rings. The number of hydrogen-bond donors (Lipinski definition) is 2. The number of anilines is 1. The Morgan fingerprint density at radius 3 is 2.77 bits per heavy atom. The van der Waals surface area contributed by atoms with Gasteiger partial charge >= 0.3 is 5.97 Å². The fourth-order valence-corrected chi connectivity index (χ4v) is 2.44. The third kappa shape index (κ3) is 4.16. The summed E-state index contributed by atoms with van der Waals surface area (Å²) < 4.78 is 0. The summed E-state index contributed by atoms with van der Waals surface area (Å²) in [5.41, 5.74) is 0.208. The van der Waals surface area contributed by atoms with Crippen LogP contribution in [0.4, 0.5) is 5.95 Å². The molecule has 0 radical (unpaired) electrons. The minimum absolute atomic E-state index is 0.208. The molecule has 0 bridgehead atoms. The maximum Gasteiger partial charge on any atom is 0.326 e. The molecule has 1 aliphatic rings. The first-order chi connectivity index (χ1) is 10.6. The van der Waals surface area contributed by atoms with E-state index in [4.69, 9.17) is 5.11 Å². The number of aliphatic carboxylic acids is 1. The van der Waals surface area contributed by atoms with Crippen LogP contribution < -0.4 is 10.2 Å². The van der Waals surface area contributed by atoms with Crippen molar-refractivity contribution in [3.8, 4) is 0 Å². The molecule has 1 atom stereocenters. The molecule has 7 nitrogen and oxygen atoms in total. The maximum atomic E-state index is 12.2. The molecule has 22 heavy (non-hydrogen) atoms. The molecular formula is C15H22N4O3. The Kier molecular flexibility index (Phi) is 5.68. The average molecular weight is 306 g/mol. The Labute approximate surface area is 129 Å². The lowest BCUT2D eigenvalue weighted by Gasteiger charge is -2.16. The van der Waals surface area contributed by atoms with Gasteiger partial charge in [-0.1, -0.05) is 19.8 Å². The van der Waals surface area contributed by atoms with Crippen molar-refractivity contribution < 1.29 is 14.7 Å². The second-order valence-electron chi connectivity index (χ2n) is 5.44. The average Bonchev–Trinajstić information content (AvgIpc) is 3.05. The predicted octanol–water partition coefficient (Wildman–Crippen LogP) is 1.45. The van der Waals surface area contributed by atoms with Crippen LogP contribution in [0, 0.1) is 0 Å². The number of nitrogens with one attached hydrogen (secondary N) is 1. The molecule has 2 rings (SSSR count). The maximum absolute atomic E-state index is 12.2. The zero-order valence-electron chi connectivity index (χ0n) is 12.8. The molecule has 2 heterocycles. The monoisotopic (exact) mass is 306 g/mol. The molecule has 120 valence electrons. The summed E-state index contributed by atoms with van der Waals surface area (Å²) in [6.07, 6.45) is 5.78. The van der Waals surface area contributed by atoms with Gasteiger partial charge in [-0.05, 0) is 25.3 Å². The van der Waals surface area contributed by atoms with Crippen LogP contribution >= 0.6 is 0 Å². The lowest BCUT2D eigenvalue weighted by molar-refractivity contribution is -0.139. The van der Waals surface area contributed by atoms with Gasteiger partial charge in [0.2, 0.25) is 5.95 Å². The van der Waals surface area contributed by atoms with Gasteiger partial charge in [0.05, 0.1) is 0 Å². The molecule has 0 saturated carbocycles. The van der Waals surface area contributed by atoms with E-state index in [0.717, 1.165) is 38.8 Å². The number of hydrogen-bond acceptors (Lipinski definition) is 5. The molecule has 1 saturated heterocycles. The summed E-state index contributed by atoms with van der Waals surface area (Å²) >= 11 is 0. The van der Waals surface area contributed by atoms with Crippen molar-refractivity contribution in [2.24, 2.45) is 0 Å². The van der Waals surface area contributed by atoms with Gasteiger partial charge in [0.1, 0.15) is 11.7 Å². The first-order valence-electron chi connectivity index (χ1n) is 7.73. The van der Waals surface area contributed by atoms with Crippen molar-refractivity contribution in [1.82, 2.24) is 15.3 Å². The van der Waals surface area contributed by atoms with Gasteiger partial charge in [-0.15, -0.1) is 0 Å². The van der Waals surface area contributed by atoms with Crippen LogP contribution in [0.2, 0.25) is 0 Å². The fraction of sp³-hybridized carbons (Fsp3) is 0.600. The van der Waals surface area contributed by atoms with Gasteiger partial charge in [-0.3, -0.25) is 4.79 Å². The molecule has 7 heteroatoms. The molecule has 2 N–H and O–H groups in total. The quantitative estimate of drug-likeness (QED) is 0.791. The number of carboxylic acids is 1. The molecule has 1 fully saturated rings. The molecule has 0 spiro atoms. The van der Waals surface area contributed by atoms with Crippen molar-refractivity contribution in [1.29, 1.82) is 0 Å². The number of carbonyl (C=O) groups is 2. The van der Waals surface area contributed by atoms with Crippen molar-refractivity contribution in [3.05, 3.63) is 18.0 Å². The van der Waals surface area contributed by atoms with Crippen molar-refractivity contribution in [3.63, 3.8) is 0 Å². The highest BCUT2D eigenvalue weighted by Crippen LogP contribution is 2.15. The second-order valence-corrected chi connectivity index (χ2v) is 5.44. The number of amides is 1. The van der Waals surface area contributed by atoms with Gasteiger partial charge in [0.15, 0.2) is 0 Å². The summed E-state index contributed by atoms with van der Waals surface area (Å²) in [4.78, 5) is 33.9. The minimum atomic E-state index is -1.02. The Morgan fingerprint density at radius 2 is 2.14 bits per heavy atom. The summed E-state index contributed by atoms with van der Waals surface area (Å²) in [7, 11) is 0. The van der Waals surface area contributed by atoms with Gasteiger partial charge < -0.3 is 15.3 Å². The topological polar surface area (TPSA) is 95.4 Å². The van der Waals surface area contributed by atoms with E-state index < -0.39 is 17.9 Å².